The zero-order chi connectivity index (χ0) is 16.8. The van der Waals surface area contributed by atoms with E-state index in [1.165, 1.54) is 12.0 Å². The number of pyridine rings is 1. The second kappa shape index (κ2) is 8.03. The molecule has 0 saturated carbocycles. The van der Waals surface area contributed by atoms with Crippen molar-refractivity contribution >= 4 is 11.9 Å². The van der Waals surface area contributed by atoms with Crippen LogP contribution in [0.2, 0.25) is 0 Å². The quantitative estimate of drug-likeness (QED) is 0.826. The van der Waals surface area contributed by atoms with Gasteiger partial charge in [-0.05, 0) is 31.5 Å². The maximum absolute atomic E-state index is 12.0. The number of likely N-dealkylation sites (tertiary alicyclic amines) is 1. The van der Waals surface area contributed by atoms with Gasteiger partial charge in [-0.3, -0.25) is 14.7 Å². The molecule has 1 amide bonds. The van der Waals surface area contributed by atoms with E-state index in [9.17, 15) is 14.7 Å². The number of amides is 1. The molecular weight excluding hydrogens is 298 g/mol. The molecule has 1 aromatic heterocycles. The first-order chi connectivity index (χ1) is 11.0. The van der Waals surface area contributed by atoms with Crippen LogP contribution in [0.5, 0.6) is 0 Å². The van der Waals surface area contributed by atoms with Crippen LogP contribution in [0, 0.1) is 0 Å². The Morgan fingerprint density at radius 2 is 2.30 bits per heavy atom. The van der Waals surface area contributed by atoms with E-state index in [0.29, 0.717) is 19.5 Å². The van der Waals surface area contributed by atoms with Gasteiger partial charge in [0.2, 0.25) is 5.91 Å². The van der Waals surface area contributed by atoms with Crippen molar-refractivity contribution < 1.29 is 19.4 Å². The first-order valence-corrected chi connectivity index (χ1v) is 7.63. The first-order valence-electron chi connectivity index (χ1n) is 7.63. The number of aromatic nitrogens is 1. The molecule has 2 rings (SSSR count). The summed E-state index contributed by atoms with van der Waals surface area (Å²) in [4.78, 5) is 31.2. The topological polar surface area (TPSA) is 83.0 Å². The molecule has 1 N–H and O–H groups in total. The Morgan fingerprint density at radius 3 is 2.91 bits per heavy atom. The molecule has 7 heteroatoms. The smallest absolute Gasteiger partial charge is 0.326 e. The van der Waals surface area contributed by atoms with Crippen LogP contribution >= 0.6 is 0 Å². The van der Waals surface area contributed by atoms with E-state index < -0.39 is 12.0 Å². The van der Waals surface area contributed by atoms with Gasteiger partial charge in [-0.2, -0.15) is 0 Å². The highest BCUT2D eigenvalue weighted by Gasteiger charge is 2.37. The van der Waals surface area contributed by atoms with E-state index in [1.54, 1.807) is 6.20 Å². The van der Waals surface area contributed by atoms with Crippen LogP contribution in [-0.2, 0) is 20.9 Å². The molecule has 126 valence electrons. The Morgan fingerprint density at radius 1 is 1.52 bits per heavy atom. The van der Waals surface area contributed by atoms with Gasteiger partial charge in [-0.1, -0.05) is 6.07 Å². The van der Waals surface area contributed by atoms with E-state index in [4.69, 9.17) is 4.74 Å². The molecule has 0 spiro atoms. The van der Waals surface area contributed by atoms with Gasteiger partial charge in [0.1, 0.15) is 12.6 Å². The molecule has 1 aliphatic heterocycles. The zero-order valence-electron chi connectivity index (χ0n) is 13.5. The summed E-state index contributed by atoms with van der Waals surface area (Å²) in [5.74, 6) is -1.23. The molecule has 2 heterocycles. The molecule has 0 radical (unpaired) electrons. The predicted octanol–water partition coefficient (Wildman–Crippen LogP) is 0.604. The number of hydrogen-bond donors (Lipinski definition) is 1. The third-order valence-corrected chi connectivity index (χ3v) is 4.23. The van der Waals surface area contributed by atoms with Crippen molar-refractivity contribution in [2.24, 2.45) is 0 Å². The van der Waals surface area contributed by atoms with E-state index in [2.05, 4.69) is 9.88 Å². The van der Waals surface area contributed by atoms with E-state index in [0.717, 1.165) is 12.0 Å². The van der Waals surface area contributed by atoms with Crippen LogP contribution < -0.4 is 0 Å². The van der Waals surface area contributed by atoms with E-state index >= 15 is 0 Å². The third-order valence-electron chi connectivity index (χ3n) is 4.23. The monoisotopic (exact) mass is 321 g/mol. The third kappa shape index (κ3) is 4.49. The predicted molar refractivity (Wildman–Crippen MR) is 83.7 cm³/mol. The number of carboxylic acids is 1. The van der Waals surface area contributed by atoms with Gasteiger partial charge in [0, 0.05) is 38.6 Å². The summed E-state index contributed by atoms with van der Waals surface area (Å²) in [6, 6.07) is 3.20. The maximum Gasteiger partial charge on any atom is 0.326 e. The second-order valence-electron chi connectivity index (χ2n) is 5.83. The van der Waals surface area contributed by atoms with Crippen molar-refractivity contribution in [1.82, 2.24) is 14.8 Å². The van der Waals surface area contributed by atoms with Gasteiger partial charge in [0.15, 0.2) is 0 Å². The molecular formula is C16H23N3O4. The minimum absolute atomic E-state index is 0.0834. The first kappa shape index (κ1) is 17.4. The number of nitrogens with zero attached hydrogens (tertiary/aromatic N) is 3. The molecule has 1 fully saturated rings. The normalized spacial score (nSPS) is 21.4. The summed E-state index contributed by atoms with van der Waals surface area (Å²) in [5, 5.41) is 9.45. The van der Waals surface area contributed by atoms with Crippen LogP contribution in [0.1, 0.15) is 18.4 Å². The molecule has 0 bridgehead atoms. The Labute approximate surface area is 135 Å². The molecule has 23 heavy (non-hydrogen) atoms. The fraction of sp³-hybridized carbons (Fsp3) is 0.562. The number of carbonyl (C=O) groups is 2. The number of rotatable bonds is 6. The van der Waals surface area contributed by atoms with Crippen molar-refractivity contribution in [3.05, 3.63) is 30.1 Å². The summed E-state index contributed by atoms with van der Waals surface area (Å²) >= 11 is 0. The number of aliphatic carboxylic acids is 1. The van der Waals surface area contributed by atoms with Crippen molar-refractivity contribution in [2.45, 2.75) is 31.5 Å². The lowest BCUT2D eigenvalue weighted by atomic mass is 9.95. The molecule has 0 aliphatic carbocycles. The lowest BCUT2D eigenvalue weighted by Crippen LogP contribution is -2.55. The number of methoxy groups -OCH3 is 1. The number of ether oxygens (including phenoxy) is 1. The summed E-state index contributed by atoms with van der Waals surface area (Å²) in [6.45, 7) is 1.05. The minimum atomic E-state index is -0.964. The SMILES string of the molecule is COCC(=O)N1CCC(N(C)Cc2cccnc2)CC1C(=O)O. The maximum atomic E-state index is 12.0. The summed E-state index contributed by atoms with van der Waals surface area (Å²) in [6.07, 6.45) is 4.70. The van der Waals surface area contributed by atoms with Crippen molar-refractivity contribution in [3.8, 4) is 0 Å². The van der Waals surface area contributed by atoms with Gasteiger partial charge >= 0.3 is 5.97 Å². The van der Waals surface area contributed by atoms with Crippen molar-refractivity contribution in [2.75, 3.05) is 27.3 Å². The second-order valence-corrected chi connectivity index (χ2v) is 5.83. The lowest BCUT2D eigenvalue weighted by molar-refractivity contribution is -0.155. The Balaban J connectivity index is 2.01. The molecule has 7 nitrogen and oxygen atoms in total. The molecule has 0 aromatic carbocycles. The average Bonchev–Trinajstić information content (AvgIpc) is 2.55. The average molecular weight is 321 g/mol. The van der Waals surface area contributed by atoms with Crippen LogP contribution in [0.15, 0.2) is 24.5 Å². The van der Waals surface area contributed by atoms with Crippen LogP contribution in [0.3, 0.4) is 0 Å². The Hall–Kier alpha value is -1.99. The van der Waals surface area contributed by atoms with Crippen LogP contribution in [0.4, 0.5) is 0 Å². The van der Waals surface area contributed by atoms with E-state index in [1.807, 2.05) is 25.4 Å². The lowest BCUT2D eigenvalue weighted by Gasteiger charge is -2.40. The largest absolute Gasteiger partial charge is 0.480 e. The summed E-state index contributed by atoms with van der Waals surface area (Å²) < 4.78 is 4.84. The van der Waals surface area contributed by atoms with Crippen molar-refractivity contribution in [3.63, 3.8) is 0 Å². The standard InChI is InChI=1S/C16H23N3O4/c1-18(10-12-4-3-6-17-9-12)13-5-7-19(15(20)11-23-2)14(8-13)16(21)22/h3-4,6,9,13-14H,5,7-8,10-11H2,1-2H3,(H,21,22). The molecule has 2 unspecified atom stereocenters. The number of hydrogen-bond acceptors (Lipinski definition) is 5. The molecule has 1 aromatic rings. The van der Waals surface area contributed by atoms with E-state index in [-0.39, 0.29) is 18.6 Å². The fourth-order valence-electron chi connectivity index (χ4n) is 2.99. The van der Waals surface area contributed by atoms with Gasteiger partial charge in [-0.25, -0.2) is 4.79 Å². The molecule has 1 saturated heterocycles. The molecule has 1 aliphatic rings. The Bertz CT molecular complexity index is 537. The molecule has 2 atom stereocenters. The highest BCUT2D eigenvalue weighted by Crippen LogP contribution is 2.23. The minimum Gasteiger partial charge on any atom is -0.480 e. The van der Waals surface area contributed by atoms with Gasteiger partial charge < -0.3 is 14.7 Å². The van der Waals surface area contributed by atoms with Crippen LogP contribution in [-0.4, -0.2) is 71.2 Å². The van der Waals surface area contributed by atoms with Gasteiger partial charge in [0.05, 0.1) is 0 Å². The fourth-order valence-corrected chi connectivity index (χ4v) is 2.99. The zero-order valence-corrected chi connectivity index (χ0v) is 13.5. The Kier molecular flexibility index (Phi) is 6.06. The number of carboxylic acid groups (broad SMARTS) is 1. The van der Waals surface area contributed by atoms with Crippen molar-refractivity contribution in [1.29, 1.82) is 0 Å². The van der Waals surface area contributed by atoms with Crippen LogP contribution in [0.25, 0.3) is 0 Å². The number of carbonyl (C=O) groups excluding carboxylic acids is 1. The highest BCUT2D eigenvalue weighted by molar-refractivity contribution is 5.84. The number of piperidine rings is 1. The summed E-state index contributed by atoms with van der Waals surface area (Å²) in [7, 11) is 3.41. The van der Waals surface area contributed by atoms with Gasteiger partial charge in [-0.15, -0.1) is 0 Å². The van der Waals surface area contributed by atoms with Gasteiger partial charge in [0.25, 0.3) is 0 Å². The highest BCUT2D eigenvalue weighted by atomic mass is 16.5. The summed E-state index contributed by atoms with van der Waals surface area (Å²) in [5.41, 5.74) is 1.08.